The number of ether oxygens (including phenoxy) is 1. The van der Waals surface area contributed by atoms with Crippen LogP contribution in [0.25, 0.3) is 10.8 Å². The van der Waals surface area contributed by atoms with Crippen molar-refractivity contribution < 1.29 is 28.1 Å². The first-order valence-corrected chi connectivity index (χ1v) is 15.3. The molecule has 0 bridgehead atoms. The molecule has 5 atom stereocenters. The molecule has 42 heavy (non-hydrogen) atoms. The van der Waals surface area contributed by atoms with Gasteiger partial charge in [0.15, 0.2) is 11.4 Å². The third-order valence-electron chi connectivity index (χ3n) is 10.1. The van der Waals surface area contributed by atoms with Gasteiger partial charge in [-0.05, 0) is 44.4 Å². The Morgan fingerprint density at radius 2 is 2.05 bits per heavy atom. The molecule has 216 valence electrons. The molecule has 4 fully saturated rings. The molecule has 2 aromatic carbocycles. The molecule has 5 aliphatic heterocycles. The Labute approximate surface area is 266 Å². The zero-order valence-corrected chi connectivity index (χ0v) is 25.6. The number of aromatic nitrogens is 2. The number of quaternary nitrogens is 1. The van der Waals surface area contributed by atoms with E-state index in [1.165, 1.54) is 23.7 Å². The van der Waals surface area contributed by atoms with Gasteiger partial charge in [0.1, 0.15) is 18.7 Å². The Morgan fingerprint density at radius 1 is 1.21 bits per heavy atom. The van der Waals surface area contributed by atoms with Crippen molar-refractivity contribution in [3.63, 3.8) is 0 Å². The molecule has 1 aromatic heterocycles. The van der Waals surface area contributed by atoms with Crippen LogP contribution in [0.3, 0.4) is 0 Å². The summed E-state index contributed by atoms with van der Waals surface area (Å²) in [5.41, 5.74) is 11.2. The number of anilines is 1. The topological polar surface area (TPSA) is 67.5 Å². The van der Waals surface area contributed by atoms with Crippen molar-refractivity contribution in [2.45, 2.75) is 50.2 Å². The van der Waals surface area contributed by atoms with Crippen LogP contribution in [0, 0.1) is 25.8 Å². The summed E-state index contributed by atoms with van der Waals surface area (Å²) in [6, 6.07) is 17.0. The Kier molecular flexibility index (Phi) is 8.30. The van der Waals surface area contributed by atoms with E-state index in [1.807, 2.05) is 36.4 Å². The minimum Gasteiger partial charge on any atom is -0.462 e. The second-order valence-corrected chi connectivity index (χ2v) is 12.5. The molecular formula is C33H39ClLiN6O-. The van der Waals surface area contributed by atoms with Crippen LogP contribution >= 0.6 is 11.6 Å². The summed E-state index contributed by atoms with van der Waals surface area (Å²) in [6.45, 7) is 13.0. The molecule has 6 heterocycles. The second kappa shape index (κ2) is 11.7. The van der Waals surface area contributed by atoms with E-state index in [-0.39, 0.29) is 18.9 Å². The number of rotatable bonds is 7. The standard InChI is InChI=1S/C23H33N6O.C10H6Cl.Li/c1-4-17-14(2)25-23(30-13-15-6-5-9-27(15)3)26-22(17)28-11-16-10-19-21-18(7-8-24)20(12-28)29(16,19)21;11-10-7-3-5-8-4-1-2-6-9(8)10;/h15-16,18,20H,1-2,4-13,24H2,3H3;1-5,7H;/q2*-1;+1/t15-,16+,18-,20?,29?;;/m0../s1. The molecule has 3 aromatic rings. The van der Waals surface area contributed by atoms with Crippen molar-refractivity contribution >= 4 is 28.2 Å². The fourth-order valence-electron chi connectivity index (χ4n) is 8.03. The third-order valence-corrected chi connectivity index (χ3v) is 10.4. The maximum atomic E-state index is 6.08. The number of piperazine rings is 1. The zero-order chi connectivity index (χ0) is 28.3. The quantitative estimate of drug-likeness (QED) is 0.262. The Hall–Kier alpha value is -2.24. The Bertz CT molecular complexity index is 1510. The van der Waals surface area contributed by atoms with Gasteiger partial charge in [-0.1, -0.05) is 23.9 Å². The zero-order valence-electron chi connectivity index (χ0n) is 24.9. The summed E-state index contributed by atoms with van der Waals surface area (Å²) in [7, 11) is 2.16. The Balaban J connectivity index is 0.000000222. The van der Waals surface area contributed by atoms with Gasteiger partial charge in [0.2, 0.25) is 0 Å². The largest absolute Gasteiger partial charge is 1.00 e. The van der Waals surface area contributed by atoms with Crippen LogP contribution in [0.2, 0.25) is 5.02 Å². The van der Waals surface area contributed by atoms with E-state index >= 15 is 0 Å². The first kappa shape index (κ1) is 29.8. The molecule has 0 radical (unpaired) electrons. The molecular weight excluding hydrogens is 539 g/mol. The normalized spacial score (nSPS) is 28.5. The summed E-state index contributed by atoms with van der Waals surface area (Å²) in [4.78, 5) is 14.3. The van der Waals surface area contributed by atoms with E-state index in [2.05, 4.69) is 41.7 Å². The van der Waals surface area contributed by atoms with Gasteiger partial charge < -0.3 is 27.2 Å². The number of benzene rings is 2. The summed E-state index contributed by atoms with van der Waals surface area (Å²) >= 11 is 5.93. The van der Waals surface area contributed by atoms with E-state index < -0.39 is 0 Å². The van der Waals surface area contributed by atoms with Gasteiger partial charge in [-0.3, -0.25) is 0 Å². The minimum absolute atomic E-state index is 0. The molecule has 9 heteroatoms. The van der Waals surface area contributed by atoms with Gasteiger partial charge >= 0.3 is 24.9 Å². The molecule has 2 N–H and O–H groups in total. The first-order valence-electron chi connectivity index (χ1n) is 14.9. The first-order chi connectivity index (χ1) is 20.0. The maximum Gasteiger partial charge on any atom is 1.00 e. The molecule has 0 saturated carbocycles. The smallest absolute Gasteiger partial charge is 0.462 e. The van der Waals surface area contributed by atoms with Crippen molar-refractivity contribution in [1.82, 2.24) is 14.9 Å². The number of halogens is 1. The van der Waals surface area contributed by atoms with E-state index in [1.54, 1.807) is 11.4 Å². The van der Waals surface area contributed by atoms with E-state index in [4.69, 9.17) is 27.1 Å². The number of likely N-dealkylation sites (tertiary alicyclic amines) is 1. The SMILES string of the molecule is Clc1cccc2ccc[c-]c12.[CH2-]Cc1c([CH2-])nc(OC[C@@H]2CCCN2C)nc1N1CC2[C@H](CCN)C3=C4C[C@H](C1)[N+]432.[Li+]. The number of hydrogen-bond acceptors (Lipinski definition) is 6. The molecule has 4 saturated heterocycles. The van der Waals surface area contributed by atoms with Crippen LogP contribution in [0.5, 0.6) is 6.01 Å². The van der Waals surface area contributed by atoms with Crippen LogP contribution in [0.4, 0.5) is 5.82 Å². The molecule has 0 aliphatic carbocycles. The summed E-state index contributed by atoms with van der Waals surface area (Å²) in [6.07, 6.45) is 5.42. The summed E-state index contributed by atoms with van der Waals surface area (Å²) in [5.74, 6) is 1.67. The van der Waals surface area contributed by atoms with Gasteiger partial charge in [0, 0.05) is 6.04 Å². The monoisotopic (exact) mass is 577 g/mol. The summed E-state index contributed by atoms with van der Waals surface area (Å²) < 4.78 is 7.33. The van der Waals surface area contributed by atoms with Crippen molar-refractivity contribution in [2.75, 3.05) is 44.7 Å². The van der Waals surface area contributed by atoms with E-state index in [0.29, 0.717) is 43.1 Å². The third kappa shape index (κ3) is 4.65. The predicted molar refractivity (Wildman–Crippen MR) is 163 cm³/mol. The molecule has 7 nitrogen and oxygen atoms in total. The van der Waals surface area contributed by atoms with Gasteiger partial charge in [0.05, 0.1) is 31.2 Å². The molecule has 0 amide bonds. The van der Waals surface area contributed by atoms with E-state index in [0.717, 1.165) is 65.5 Å². The van der Waals surface area contributed by atoms with Crippen LogP contribution in [-0.4, -0.2) is 77.3 Å². The van der Waals surface area contributed by atoms with Crippen molar-refractivity contribution in [2.24, 2.45) is 11.7 Å². The van der Waals surface area contributed by atoms with Crippen molar-refractivity contribution in [3.05, 3.63) is 84.0 Å². The average molecular weight is 578 g/mol. The maximum absolute atomic E-state index is 6.08. The van der Waals surface area contributed by atoms with Gasteiger partial charge in [0.25, 0.3) is 0 Å². The molecule has 5 aliphatic rings. The second-order valence-electron chi connectivity index (χ2n) is 12.1. The fourth-order valence-corrected chi connectivity index (χ4v) is 8.27. The van der Waals surface area contributed by atoms with Crippen molar-refractivity contribution in [3.8, 4) is 6.01 Å². The number of hydrogen-bond donors (Lipinski definition) is 1. The van der Waals surface area contributed by atoms with Gasteiger partial charge in [-0.2, -0.15) is 10.5 Å². The Morgan fingerprint density at radius 3 is 2.79 bits per heavy atom. The van der Waals surface area contributed by atoms with E-state index in [9.17, 15) is 0 Å². The number of nitrogens with zero attached hydrogens (tertiary/aromatic N) is 5. The van der Waals surface area contributed by atoms with Crippen LogP contribution in [0.1, 0.15) is 36.9 Å². The molecule has 2 unspecified atom stereocenters. The number of fused-ring (bicyclic) bond motifs is 1. The van der Waals surface area contributed by atoms with Crippen LogP contribution in [0.15, 0.2) is 47.8 Å². The van der Waals surface area contributed by atoms with Crippen LogP contribution < -0.4 is 34.2 Å². The number of nitrogens with two attached hydrogens (primary N) is 1. The average Bonchev–Trinajstić information content (AvgIpc) is 3.21. The summed E-state index contributed by atoms with van der Waals surface area (Å²) in [5, 5.41) is 2.90. The predicted octanol–water partition coefficient (Wildman–Crippen LogP) is 1.79. The molecule has 1 spiro atoms. The number of likely N-dealkylation sites (N-methyl/N-ethyl adjacent to an activating group) is 1. The fraction of sp³-hybridized carbons (Fsp3) is 0.455. The van der Waals surface area contributed by atoms with Gasteiger partial charge in [-0.15, -0.1) is 46.6 Å². The van der Waals surface area contributed by atoms with Crippen LogP contribution in [-0.2, 0) is 6.42 Å². The molecule has 8 rings (SSSR count). The van der Waals surface area contributed by atoms with Gasteiger partial charge in [-0.25, -0.2) is 22.8 Å². The minimum atomic E-state index is 0. The van der Waals surface area contributed by atoms with Crippen molar-refractivity contribution in [1.29, 1.82) is 0 Å².